The van der Waals surface area contributed by atoms with Gasteiger partial charge in [-0.05, 0) is 58.2 Å². The smallest absolute Gasteiger partial charge is 0.342 e. The molecule has 7 heteroatoms. The van der Waals surface area contributed by atoms with E-state index in [2.05, 4.69) is 10.6 Å². The average molecular weight is 403 g/mol. The lowest BCUT2D eigenvalue weighted by Gasteiger charge is -2.17. The van der Waals surface area contributed by atoms with E-state index in [9.17, 15) is 14.4 Å². The Morgan fingerprint density at radius 3 is 2.11 bits per heavy atom. The van der Waals surface area contributed by atoms with Gasteiger partial charge in [0, 0.05) is 17.5 Å². The number of thiophene rings is 1. The summed E-state index contributed by atoms with van der Waals surface area (Å²) in [4.78, 5) is 37.6. The van der Waals surface area contributed by atoms with Crippen molar-refractivity contribution in [1.29, 1.82) is 0 Å². The third-order valence-corrected chi connectivity index (χ3v) is 5.58. The largest absolute Gasteiger partial charge is 0.449 e. The summed E-state index contributed by atoms with van der Waals surface area (Å²) in [6, 6.07) is 3.97. The van der Waals surface area contributed by atoms with Gasteiger partial charge < -0.3 is 15.4 Å². The molecule has 1 heterocycles. The van der Waals surface area contributed by atoms with Crippen LogP contribution in [0.3, 0.4) is 0 Å². The fourth-order valence-electron chi connectivity index (χ4n) is 3.00. The average Bonchev–Trinajstić information content (AvgIpc) is 2.83. The van der Waals surface area contributed by atoms with Gasteiger partial charge in [0.25, 0.3) is 5.91 Å². The zero-order valence-corrected chi connectivity index (χ0v) is 18.1. The minimum absolute atomic E-state index is 0.272. The molecule has 0 aliphatic rings. The summed E-state index contributed by atoms with van der Waals surface area (Å²) in [6.07, 6.45) is -0.989. The number of benzene rings is 1. The van der Waals surface area contributed by atoms with Crippen molar-refractivity contribution in [1.82, 2.24) is 0 Å². The Labute approximate surface area is 169 Å². The van der Waals surface area contributed by atoms with E-state index in [1.165, 1.54) is 25.2 Å². The van der Waals surface area contributed by atoms with Gasteiger partial charge in [-0.2, -0.15) is 0 Å². The van der Waals surface area contributed by atoms with Crippen LogP contribution in [0.2, 0.25) is 0 Å². The molecule has 1 aromatic heterocycles. The molecule has 2 N–H and O–H groups in total. The van der Waals surface area contributed by atoms with Gasteiger partial charge in [0.15, 0.2) is 6.10 Å². The molecule has 0 spiro atoms. The molecule has 2 rings (SSSR count). The molecule has 0 fully saturated rings. The molecule has 28 heavy (non-hydrogen) atoms. The molecule has 0 aliphatic heterocycles. The van der Waals surface area contributed by atoms with Crippen molar-refractivity contribution in [3.05, 3.63) is 44.8 Å². The zero-order chi connectivity index (χ0) is 21.2. The number of anilines is 2. The summed E-state index contributed by atoms with van der Waals surface area (Å²) in [5.41, 5.74) is 4.75. The molecule has 150 valence electrons. The normalized spacial score (nSPS) is 11.7. The highest BCUT2D eigenvalue weighted by Gasteiger charge is 2.26. The highest BCUT2D eigenvalue weighted by Crippen LogP contribution is 2.33. The fraction of sp³-hybridized carbons (Fsp3) is 0.381. The van der Waals surface area contributed by atoms with Crippen LogP contribution < -0.4 is 10.6 Å². The van der Waals surface area contributed by atoms with Crippen molar-refractivity contribution in [2.45, 2.75) is 54.6 Å². The van der Waals surface area contributed by atoms with E-state index in [1.54, 1.807) is 6.92 Å². The van der Waals surface area contributed by atoms with Gasteiger partial charge >= 0.3 is 5.97 Å². The van der Waals surface area contributed by atoms with Crippen LogP contribution in [0.25, 0.3) is 0 Å². The summed E-state index contributed by atoms with van der Waals surface area (Å²) < 4.78 is 5.39. The molecule has 0 saturated carbocycles. The number of ether oxygens (including phenoxy) is 1. The number of esters is 1. The van der Waals surface area contributed by atoms with Gasteiger partial charge in [-0.25, -0.2) is 4.79 Å². The second-order valence-electron chi connectivity index (χ2n) is 6.98. The Hall–Kier alpha value is -2.67. The number of carbonyl (C=O) groups is 3. The third kappa shape index (κ3) is 4.78. The van der Waals surface area contributed by atoms with Crippen LogP contribution in [0.4, 0.5) is 10.7 Å². The van der Waals surface area contributed by atoms with Crippen molar-refractivity contribution in [3.63, 3.8) is 0 Å². The van der Waals surface area contributed by atoms with Crippen molar-refractivity contribution < 1.29 is 19.1 Å². The molecule has 0 unspecified atom stereocenters. The van der Waals surface area contributed by atoms with E-state index in [-0.39, 0.29) is 5.91 Å². The molecule has 0 saturated heterocycles. The third-order valence-electron chi connectivity index (χ3n) is 4.46. The zero-order valence-electron chi connectivity index (χ0n) is 17.3. The highest BCUT2D eigenvalue weighted by atomic mass is 32.1. The van der Waals surface area contributed by atoms with E-state index >= 15 is 0 Å². The summed E-state index contributed by atoms with van der Waals surface area (Å²) >= 11 is 1.31. The van der Waals surface area contributed by atoms with Crippen LogP contribution in [-0.4, -0.2) is 23.9 Å². The molecule has 0 aliphatic carbocycles. The number of rotatable bonds is 5. The van der Waals surface area contributed by atoms with Crippen molar-refractivity contribution in [2.24, 2.45) is 0 Å². The molecule has 6 nitrogen and oxygen atoms in total. The first-order valence-corrected chi connectivity index (χ1v) is 9.80. The Morgan fingerprint density at radius 1 is 1.00 bits per heavy atom. The van der Waals surface area contributed by atoms with Gasteiger partial charge in [0.2, 0.25) is 5.91 Å². The molecule has 2 amide bonds. The van der Waals surface area contributed by atoms with E-state index in [0.29, 0.717) is 10.6 Å². The van der Waals surface area contributed by atoms with E-state index in [0.717, 1.165) is 32.8 Å². The second-order valence-corrected chi connectivity index (χ2v) is 8.20. The van der Waals surface area contributed by atoms with E-state index < -0.39 is 18.0 Å². The van der Waals surface area contributed by atoms with Crippen LogP contribution >= 0.6 is 11.3 Å². The maximum Gasteiger partial charge on any atom is 0.342 e. The van der Waals surface area contributed by atoms with Crippen LogP contribution in [-0.2, 0) is 14.3 Å². The van der Waals surface area contributed by atoms with Gasteiger partial charge in [0.1, 0.15) is 5.00 Å². The Kier molecular flexibility index (Phi) is 6.61. The minimum atomic E-state index is -0.989. The van der Waals surface area contributed by atoms with Crippen molar-refractivity contribution in [2.75, 3.05) is 10.6 Å². The minimum Gasteiger partial charge on any atom is -0.449 e. The molecule has 0 radical (unpaired) electrons. The van der Waals surface area contributed by atoms with Crippen LogP contribution in [0.5, 0.6) is 0 Å². The molecule has 1 atom stereocenters. The Morgan fingerprint density at radius 2 is 1.57 bits per heavy atom. The van der Waals surface area contributed by atoms with Gasteiger partial charge in [-0.1, -0.05) is 17.7 Å². The lowest BCUT2D eigenvalue weighted by atomic mass is 10.0. The number of nitrogens with one attached hydrogen (secondary N) is 2. The summed E-state index contributed by atoms with van der Waals surface area (Å²) in [6.45, 7) is 12.4. The van der Waals surface area contributed by atoms with Gasteiger partial charge in [0.05, 0.1) is 5.56 Å². The molecular formula is C21H26N2O4S. The lowest BCUT2D eigenvalue weighted by Crippen LogP contribution is -2.30. The Bertz CT molecular complexity index is 923. The van der Waals surface area contributed by atoms with Crippen LogP contribution in [0.15, 0.2) is 12.1 Å². The number of aryl methyl sites for hydroxylation is 4. The van der Waals surface area contributed by atoms with E-state index in [1.807, 2.05) is 39.8 Å². The number of hydrogen-bond acceptors (Lipinski definition) is 5. The number of carbonyl (C=O) groups excluding carboxylic acids is 3. The summed E-state index contributed by atoms with van der Waals surface area (Å²) in [5.74, 6) is -1.31. The first kappa shape index (κ1) is 21.6. The predicted octanol–water partition coefficient (Wildman–Crippen LogP) is 4.43. The molecular weight excluding hydrogens is 376 g/mol. The first-order chi connectivity index (χ1) is 13.0. The monoisotopic (exact) mass is 402 g/mol. The van der Waals surface area contributed by atoms with Gasteiger partial charge in [-0.3, -0.25) is 9.59 Å². The molecule has 2 aromatic rings. The quantitative estimate of drug-likeness (QED) is 0.725. The summed E-state index contributed by atoms with van der Waals surface area (Å²) in [7, 11) is 0. The number of hydrogen-bond donors (Lipinski definition) is 2. The first-order valence-electron chi connectivity index (χ1n) is 8.98. The topological polar surface area (TPSA) is 84.5 Å². The predicted molar refractivity (Wildman–Crippen MR) is 112 cm³/mol. The maximum atomic E-state index is 12.7. The standard InChI is InChI=1S/C21H26N2O4S/c1-10-8-11(2)18(12(3)9-10)23-19(25)14(5)27-21(26)17-13(4)15(6)28-20(17)22-16(7)24/h8-9,14H,1-7H3,(H,22,24)(H,23,25)/t14-/m1/s1. The van der Waals surface area contributed by atoms with Crippen LogP contribution in [0, 0.1) is 34.6 Å². The highest BCUT2D eigenvalue weighted by molar-refractivity contribution is 7.16. The second kappa shape index (κ2) is 8.56. The van der Waals surface area contributed by atoms with Gasteiger partial charge in [-0.15, -0.1) is 11.3 Å². The Balaban J connectivity index is 2.17. The summed E-state index contributed by atoms with van der Waals surface area (Å²) in [5, 5.41) is 5.94. The lowest BCUT2D eigenvalue weighted by molar-refractivity contribution is -0.123. The molecule has 1 aromatic carbocycles. The maximum absolute atomic E-state index is 12.7. The fourth-order valence-corrected chi connectivity index (χ4v) is 4.09. The SMILES string of the molecule is CC(=O)Nc1sc(C)c(C)c1C(=O)O[C@H](C)C(=O)Nc1c(C)cc(C)cc1C. The van der Waals surface area contributed by atoms with Crippen molar-refractivity contribution in [3.8, 4) is 0 Å². The van der Waals surface area contributed by atoms with E-state index in [4.69, 9.17) is 4.74 Å². The van der Waals surface area contributed by atoms with Crippen molar-refractivity contribution >= 4 is 39.8 Å². The van der Waals surface area contributed by atoms with Crippen LogP contribution in [0.1, 0.15) is 51.3 Å². The number of amides is 2. The molecule has 0 bridgehead atoms.